The molecule has 0 N–H and O–H groups in total. The van der Waals surface area contributed by atoms with Gasteiger partial charge in [-0.15, -0.1) is 0 Å². The summed E-state index contributed by atoms with van der Waals surface area (Å²) in [6.45, 7) is 0. The van der Waals surface area contributed by atoms with Gasteiger partial charge in [0.2, 0.25) is 0 Å². The van der Waals surface area contributed by atoms with E-state index in [0.717, 1.165) is 34.8 Å². The summed E-state index contributed by atoms with van der Waals surface area (Å²) in [5.41, 5.74) is 15.7. The fraction of sp³-hybridized carbons (Fsp3) is 0.0417. The van der Waals surface area contributed by atoms with Gasteiger partial charge in [0.05, 0.1) is 22.2 Å². The van der Waals surface area contributed by atoms with Gasteiger partial charge in [0.15, 0.2) is 0 Å². The van der Waals surface area contributed by atoms with Crippen molar-refractivity contribution in [1.29, 1.82) is 0 Å². The molecule has 10 aromatic rings. The second kappa shape index (κ2) is 11.0. The summed E-state index contributed by atoms with van der Waals surface area (Å²) in [5.74, 6) is 0. The summed E-state index contributed by atoms with van der Waals surface area (Å²) < 4.78 is 11.2. The number of allylic oxidation sites excluding steroid dienone is 1. The van der Waals surface area contributed by atoms with Crippen LogP contribution >= 0.6 is 0 Å². The molecule has 3 nitrogen and oxygen atoms in total. The van der Waals surface area contributed by atoms with E-state index in [1.807, 2.05) is 6.07 Å². The lowest BCUT2D eigenvalue weighted by Gasteiger charge is -2.20. The molecular formula is C48H32N2O. The van der Waals surface area contributed by atoms with Gasteiger partial charge >= 0.3 is 0 Å². The number of rotatable bonds is 4. The lowest BCUT2D eigenvalue weighted by atomic mass is 9.90. The molecule has 0 unspecified atom stereocenters. The molecule has 51 heavy (non-hydrogen) atoms. The molecule has 11 rings (SSSR count). The molecule has 3 heteroatoms. The third-order valence-corrected chi connectivity index (χ3v) is 10.9. The highest BCUT2D eigenvalue weighted by Crippen LogP contribution is 2.44. The van der Waals surface area contributed by atoms with Crippen molar-refractivity contribution in [2.45, 2.75) is 12.8 Å². The van der Waals surface area contributed by atoms with Gasteiger partial charge in [0.1, 0.15) is 11.2 Å². The van der Waals surface area contributed by atoms with Gasteiger partial charge in [-0.05, 0) is 90.2 Å². The summed E-state index contributed by atoms with van der Waals surface area (Å²) in [7, 11) is 0. The maximum Gasteiger partial charge on any atom is 0.136 e. The van der Waals surface area contributed by atoms with Gasteiger partial charge in [-0.2, -0.15) is 0 Å². The highest BCUT2D eigenvalue weighted by Gasteiger charge is 2.24. The summed E-state index contributed by atoms with van der Waals surface area (Å²) in [6, 6.07) is 59.1. The van der Waals surface area contributed by atoms with Crippen molar-refractivity contribution in [2.75, 3.05) is 0 Å². The molecule has 3 aromatic heterocycles. The van der Waals surface area contributed by atoms with Crippen molar-refractivity contribution in [3.63, 3.8) is 0 Å². The van der Waals surface area contributed by atoms with Crippen LogP contribution in [0.4, 0.5) is 0 Å². The molecule has 0 saturated carbocycles. The lowest BCUT2D eigenvalue weighted by Crippen LogP contribution is -2.06. The number of furan rings is 1. The largest absolute Gasteiger partial charge is 0.456 e. The third kappa shape index (κ3) is 4.18. The lowest BCUT2D eigenvalue weighted by molar-refractivity contribution is 0.669. The average molecular weight is 653 g/mol. The van der Waals surface area contributed by atoms with E-state index in [2.05, 4.69) is 173 Å². The summed E-state index contributed by atoms with van der Waals surface area (Å²) in [5, 5.41) is 6.17. The van der Waals surface area contributed by atoms with E-state index < -0.39 is 0 Å². The minimum Gasteiger partial charge on any atom is -0.456 e. The quantitative estimate of drug-likeness (QED) is 0.186. The van der Waals surface area contributed by atoms with Crippen molar-refractivity contribution in [1.82, 2.24) is 9.13 Å². The SMILES string of the molecule is C1=C(c2ccc3c(c2)c2ccccc2n3-c2ccccc2)CCc2c1c1ccccc1n2-c1ccccc1-c1cccc2oc3ccccc3c12. The maximum atomic E-state index is 6.32. The zero-order valence-corrected chi connectivity index (χ0v) is 27.9. The molecule has 3 heterocycles. The van der Waals surface area contributed by atoms with E-state index in [0.29, 0.717) is 0 Å². The topological polar surface area (TPSA) is 23.0 Å². The first-order valence-corrected chi connectivity index (χ1v) is 17.7. The molecule has 0 atom stereocenters. The van der Waals surface area contributed by atoms with Crippen LogP contribution in [-0.4, -0.2) is 9.13 Å². The first kappa shape index (κ1) is 28.3. The fourth-order valence-corrected chi connectivity index (χ4v) is 8.65. The highest BCUT2D eigenvalue weighted by molar-refractivity contribution is 6.14. The molecule has 1 aliphatic rings. The van der Waals surface area contributed by atoms with Crippen molar-refractivity contribution in [2.24, 2.45) is 0 Å². The number of para-hydroxylation sites is 5. The van der Waals surface area contributed by atoms with E-state index in [-0.39, 0.29) is 0 Å². The Morgan fingerprint density at radius 3 is 2.00 bits per heavy atom. The molecular weight excluding hydrogens is 621 g/mol. The van der Waals surface area contributed by atoms with Gasteiger partial charge in [-0.25, -0.2) is 0 Å². The van der Waals surface area contributed by atoms with Crippen LogP contribution in [0.1, 0.15) is 23.2 Å². The predicted octanol–water partition coefficient (Wildman–Crippen LogP) is 12.8. The van der Waals surface area contributed by atoms with Crippen LogP contribution in [0.15, 0.2) is 168 Å². The molecule has 0 fully saturated rings. The van der Waals surface area contributed by atoms with Crippen molar-refractivity contribution in [3.05, 3.63) is 181 Å². The number of fused-ring (bicyclic) bond motifs is 9. The second-order valence-corrected chi connectivity index (χ2v) is 13.6. The molecule has 7 aromatic carbocycles. The van der Waals surface area contributed by atoms with E-state index in [9.17, 15) is 0 Å². The number of nitrogens with zero attached hydrogens (tertiary/aromatic N) is 2. The minimum absolute atomic E-state index is 0.916. The Hall–Kier alpha value is -6.58. The zero-order valence-electron chi connectivity index (χ0n) is 27.9. The van der Waals surface area contributed by atoms with Gasteiger partial charge in [0, 0.05) is 49.4 Å². The van der Waals surface area contributed by atoms with E-state index in [1.165, 1.54) is 77.6 Å². The Labute approximate surface area is 294 Å². The molecule has 240 valence electrons. The summed E-state index contributed by atoms with van der Waals surface area (Å²) >= 11 is 0. The van der Waals surface area contributed by atoms with Crippen LogP contribution in [0.25, 0.3) is 88.8 Å². The monoisotopic (exact) mass is 652 g/mol. The summed E-state index contributed by atoms with van der Waals surface area (Å²) in [4.78, 5) is 0. The van der Waals surface area contributed by atoms with Gasteiger partial charge in [-0.3, -0.25) is 0 Å². The van der Waals surface area contributed by atoms with Crippen LogP contribution in [0, 0.1) is 0 Å². The Morgan fingerprint density at radius 1 is 0.451 bits per heavy atom. The number of hydrogen-bond donors (Lipinski definition) is 0. The van der Waals surface area contributed by atoms with Crippen molar-refractivity contribution < 1.29 is 4.42 Å². The summed E-state index contributed by atoms with van der Waals surface area (Å²) in [6.07, 6.45) is 4.38. The normalized spacial score (nSPS) is 13.1. The van der Waals surface area contributed by atoms with Gasteiger partial charge < -0.3 is 13.6 Å². The fourth-order valence-electron chi connectivity index (χ4n) is 8.65. The maximum absolute atomic E-state index is 6.32. The van der Waals surface area contributed by atoms with E-state index in [4.69, 9.17) is 4.42 Å². The molecule has 0 radical (unpaired) electrons. The zero-order chi connectivity index (χ0) is 33.5. The molecule has 1 aliphatic carbocycles. The van der Waals surface area contributed by atoms with Gasteiger partial charge in [0.25, 0.3) is 0 Å². The Morgan fingerprint density at radius 2 is 1.12 bits per heavy atom. The first-order chi connectivity index (χ1) is 25.3. The predicted molar refractivity (Wildman–Crippen MR) is 213 cm³/mol. The smallest absolute Gasteiger partial charge is 0.136 e. The van der Waals surface area contributed by atoms with Crippen LogP contribution in [-0.2, 0) is 6.42 Å². The van der Waals surface area contributed by atoms with Gasteiger partial charge in [-0.1, -0.05) is 109 Å². The molecule has 0 bridgehead atoms. The highest BCUT2D eigenvalue weighted by atomic mass is 16.3. The molecule has 0 amide bonds. The van der Waals surface area contributed by atoms with Crippen LogP contribution in [0.5, 0.6) is 0 Å². The minimum atomic E-state index is 0.916. The first-order valence-electron chi connectivity index (χ1n) is 17.7. The van der Waals surface area contributed by atoms with Crippen molar-refractivity contribution in [3.8, 4) is 22.5 Å². The number of aromatic nitrogens is 2. The third-order valence-electron chi connectivity index (χ3n) is 10.9. The number of hydrogen-bond acceptors (Lipinski definition) is 1. The van der Waals surface area contributed by atoms with E-state index >= 15 is 0 Å². The molecule has 0 spiro atoms. The average Bonchev–Trinajstić information content (AvgIpc) is 3.85. The Balaban J connectivity index is 1.10. The number of benzene rings is 7. The standard InChI is InChI=1S/C48H32N2O/c1-2-13-33(14-3-1)49-41-20-8-5-16-35(41)39-29-31(25-27-44(39)49)32-26-28-45-40(30-32)36-17-6-10-22-43(36)50(45)42-21-9-4-15-34(42)37-19-12-24-47-48(37)38-18-7-11-23-46(38)51-47/h1-25,27,29-30H,26,28H2. The van der Waals surface area contributed by atoms with Crippen LogP contribution in [0.2, 0.25) is 0 Å². The van der Waals surface area contributed by atoms with Crippen LogP contribution in [0.3, 0.4) is 0 Å². The Kier molecular flexibility index (Phi) is 6.08. The molecule has 0 aliphatic heterocycles. The van der Waals surface area contributed by atoms with Crippen molar-refractivity contribution >= 4 is 66.3 Å². The van der Waals surface area contributed by atoms with E-state index in [1.54, 1.807) is 0 Å². The Bertz CT molecular complexity index is 3020. The second-order valence-electron chi connectivity index (χ2n) is 13.6. The molecule has 0 saturated heterocycles. The van der Waals surface area contributed by atoms with Crippen LogP contribution < -0.4 is 0 Å².